The molecule has 1 saturated carbocycles. The maximum Gasteiger partial charge on any atom is 0.490 e. The van der Waals surface area contributed by atoms with Crippen LogP contribution in [0.25, 0.3) is 11.2 Å². The molecule has 5 rings (SSSR count). The number of carboxylic acids is 1. The number of alkyl halides is 3. The molecule has 0 radical (unpaired) electrons. The molecular weight excluding hydrogens is 521 g/mol. The largest absolute Gasteiger partial charge is 0.490 e. The number of hydrogen-bond acceptors (Lipinski definition) is 7. The van der Waals surface area contributed by atoms with Crippen LogP contribution in [0.4, 0.5) is 19.1 Å². The molecule has 2 atom stereocenters. The van der Waals surface area contributed by atoms with Crippen LogP contribution in [0.5, 0.6) is 0 Å². The smallest absolute Gasteiger partial charge is 0.475 e. The number of ether oxygens (including phenoxy) is 1. The summed E-state index contributed by atoms with van der Waals surface area (Å²) in [6.45, 7) is 6.84. The van der Waals surface area contributed by atoms with Gasteiger partial charge in [0.1, 0.15) is 0 Å². The monoisotopic (exact) mass is 558 g/mol. The van der Waals surface area contributed by atoms with Crippen LogP contribution in [0.3, 0.4) is 0 Å². The van der Waals surface area contributed by atoms with Crippen LogP contribution in [-0.2, 0) is 29.7 Å². The van der Waals surface area contributed by atoms with Crippen molar-refractivity contribution in [1.82, 2.24) is 24.0 Å². The van der Waals surface area contributed by atoms with Crippen LogP contribution in [0, 0.1) is 11.8 Å². The Hall–Kier alpha value is -2.87. The number of rotatable bonds is 7. The Labute approximate surface area is 223 Å². The van der Waals surface area contributed by atoms with E-state index in [1.807, 2.05) is 6.92 Å². The number of hydrogen-bond donors (Lipinski definition) is 2. The van der Waals surface area contributed by atoms with Crippen molar-refractivity contribution in [3.8, 4) is 0 Å². The van der Waals surface area contributed by atoms with E-state index in [2.05, 4.69) is 14.8 Å². The van der Waals surface area contributed by atoms with Gasteiger partial charge in [-0.1, -0.05) is 19.3 Å². The van der Waals surface area contributed by atoms with E-state index in [9.17, 15) is 22.8 Å². The predicted molar refractivity (Wildman–Crippen MR) is 138 cm³/mol. The van der Waals surface area contributed by atoms with Crippen LogP contribution in [-0.4, -0.2) is 74.8 Å². The lowest BCUT2D eigenvalue weighted by Gasteiger charge is -2.28. The van der Waals surface area contributed by atoms with Crippen LogP contribution in [0.15, 0.2) is 9.59 Å². The van der Waals surface area contributed by atoms with Crippen LogP contribution < -0.4 is 21.5 Å². The van der Waals surface area contributed by atoms with Gasteiger partial charge >= 0.3 is 17.8 Å². The Morgan fingerprint density at radius 3 is 2.46 bits per heavy atom. The Morgan fingerprint density at radius 1 is 1.13 bits per heavy atom. The zero-order chi connectivity index (χ0) is 28.3. The van der Waals surface area contributed by atoms with Crippen molar-refractivity contribution in [2.24, 2.45) is 18.9 Å². The Kier molecular flexibility index (Phi) is 9.04. The highest BCUT2D eigenvalue weighted by molar-refractivity contribution is 5.75. The Morgan fingerprint density at radius 2 is 1.82 bits per heavy atom. The lowest BCUT2D eigenvalue weighted by molar-refractivity contribution is -0.192. The van der Waals surface area contributed by atoms with Crippen molar-refractivity contribution < 1.29 is 27.8 Å². The first-order valence-electron chi connectivity index (χ1n) is 13.6. The number of halogens is 3. The van der Waals surface area contributed by atoms with Gasteiger partial charge in [0.05, 0.1) is 13.2 Å². The molecule has 2 aromatic rings. The summed E-state index contributed by atoms with van der Waals surface area (Å²) in [5, 5.41) is 10.6. The topological polar surface area (TPSA) is 124 Å². The highest BCUT2D eigenvalue weighted by atomic mass is 19.4. The van der Waals surface area contributed by atoms with Crippen LogP contribution in [0.1, 0.15) is 45.4 Å². The van der Waals surface area contributed by atoms with E-state index in [-0.39, 0.29) is 17.8 Å². The fourth-order valence-electron chi connectivity index (χ4n) is 5.98. The summed E-state index contributed by atoms with van der Waals surface area (Å²) in [4.78, 5) is 42.9. The van der Waals surface area contributed by atoms with Gasteiger partial charge in [0.25, 0.3) is 5.56 Å². The zero-order valence-corrected chi connectivity index (χ0v) is 22.4. The van der Waals surface area contributed by atoms with Gasteiger partial charge in [-0.3, -0.25) is 13.9 Å². The molecular formula is C25H37F3N6O5. The van der Waals surface area contributed by atoms with Gasteiger partial charge in [0, 0.05) is 45.9 Å². The molecule has 0 amide bonds. The number of aromatic nitrogens is 4. The molecule has 1 aliphatic carbocycles. The molecule has 2 aliphatic heterocycles. The summed E-state index contributed by atoms with van der Waals surface area (Å²) < 4.78 is 42.2. The molecule has 3 fully saturated rings. The van der Waals surface area contributed by atoms with Gasteiger partial charge in [-0.15, -0.1) is 0 Å². The van der Waals surface area contributed by atoms with E-state index in [1.165, 1.54) is 36.7 Å². The van der Waals surface area contributed by atoms with Crippen molar-refractivity contribution >= 4 is 23.1 Å². The Bertz CT molecular complexity index is 1280. The van der Waals surface area contributed by atoms with Crippen molar-refractivity contribution in [3.05, 3.63) is 20.8 Å². The summed E-state index contributed by atoms with van der Waals surface area (Å²) in [5.41, 5.74) is 0.516. The second-order valence-corrected chi connectivity index (χ2v) is 10.5. The van der Waals surface area contributed by atoms with E-state index in [1.54, 1.807) is 11.6 Å². The molecule has 2 aromatic heterocycles. The molecule has 2 unspecified atom stereocenters. The lowest BCUT2D eigenvalue weighted by atomic mass is 9.89. The molecule has 218 valence electrons. The number of nitrogens with one attached hydrogen (secondary N) is 1. The first kappa shape index (κ1) is 29.1. The standard InChI is InChI=1S/C23H36N6O3.C2HF3O2/c1-3-32-12-11-28-21(30)19-20(26(2)23(28)31)25-22(27-10-9-17-13-24-14-18(17)27)29(19)15-16-7-5-4-6-8-16;3-2(4,5)1(6)7/h16-18,24H,3-15H2,1-2H3;(H,6,7). The van der Waals surface area contributed by atoms with Crippen LogP contribution in [0.2, 0.25) is 0 Å². The molecule has 3 aliphatic rings. The van der Waals surface area contributed by atoms with Crippen molar-refractivity contribution in [2.45, 2.75) is 70.8 Å². The van der Waals surface area contributed by atoms with E-state index >= 15 is 0 Å². The predicted octanol–water partition coefficient (Wildman–Crippen LogP) is 1.94. The van der Waals surface area contributed by atoms with Gasteiger partial charge < -0.3 is 24.6 Å². The molecule has 4 heterocycles. The van der Waals surface area contributed by atoms with E-state index in [0.717, 1.165) is 38.5 Å². The van der Waals surface area contributed by atoms with E-state index in [0.29, 0.717) is 42.3 Å². The SMILES string of the molecule is CCOCCn1c(=O)c2c(nc(N3CCC4CNCC43)n2CC2CCCCC2)n(C)c1=O.O=C(O)C(F)(F)F. The average molecular weight is 559 g/mol. The fraction of sp³-hybridized carbons (Fsp3) is 0.760. The summed E-state index contributed by atoms with van der Waals surface area (Å²) in [6.07, 6.45) is 2.24. The first-order chi connectivity index (χ1) is 18.5. The average Bonchev–Trinajstić information content (AvgIpc) is 3.60. The molecule has 2 saturated heterocycles. The van der Waals surface area contributed by atoms with E-state index in [4.69, 9.17) is 19.6 Å². The minimum atomic E-state index is -5.08. The van der Waals surface area contributed by atoms with Gasteiger partial charge in [0.2, 0.25) is 5.95 Å². The zero-order valence-electron chi connectivity index (χ0n) is 22.4. The number of imidazole rings is 1. The number of fused-ring (bicyclic) bond motifs is 2. The molecule has 39 heavy (non-hydrogen) atoms. The molecule has 11 nitrogen and oxygen atoms in total. The highest BCUT2D eigenvalue weighted by Crippen LogP contribution is 2.34. The summed E-state index contributed by atoms with van der Waals surface area (Å²) in [6, 6.07) is 0.411. The van der Waals surface area contributed by atoms with Crippen LogP contribution >= 0.6 is 0 Å². The van der Waals surface area contributed by atoms with Gasteiger partial charge in [-0.2, -0.15) is 18.2 Å². The lowest BCUT2D eigenvalue weighted by Crippen LogP contribution is -2.41. The van der Waals surface area contributed by atoms with Gasteiger partial charge in [-0.25, -0.2) is 9.59 Å². The van der Waals surface area contributed by atoms with E-state index < -0.39 is 12.1 Å². The normalized spacial score (nSPS) is 21.7. The summed E-state index contributed by atoms with van der Waals surface area (Å²) in [7, 11) is 1.73. The molecule has 0 bridgehead atoms. The second kappa shape index (κ2) is 12.1. The number of aliphatic carboxylic acids is 1. The maximum atomic E-state index is 13.6. The third-order valence-electron chi connectivity index (χ3n) is 7.99. The van der Waals surface area contributed by atoms with Gasteiger partial charge in [-0.05, 0) is 38.0 Å². The fourth-order valence-corrected chi connectivity index (χ4v) is 5.98. The second-order valence-electron chi connectivity index (χ2n) is 10.5. The molecule has 0 spiro atoms. The number of anilines is 1. The summed E-state index contributed by atoms with van der Waals surface area (Å²) in [5.74, 6) is -0.706. The number of aryl methyl sites for hydroxylation is 1. The van der Waals surface area contributed by atoms with Gasteiger partial charge in [0.15, 0.2) is 11.2 Å². The molecule has 2 N–H and O–H groups in total. The first-order valence-corrected chi connectivity index (χ1v) is 13.6. The number of carboxylic acid groups (broad SMARTS) is 1. The highest BCUT2D eigenvalue weighted by Gasteiger charge is 2.40. The third-order valence-corrected chi connectivity index (χ3v) is 7.99. The quantitative estimate of drug-likeness (QED) is 0.495. The molecule has 14 heteroatoms. The minimum Gasteiger partial charge on any atom is -0.475 e. The van der Waals surface area contributed by atoms with Crippen molar-refractivity contribution in [2.75, 3.05) is 37.7 Å². The number of nitrogens with zero attached hydrogens (tertiary/aromatic N) is 5. The number of carbonyl (C=O) groups is 1. The minimum absolute atomic E-state index is 0.238. The summed E-state index contributed by atoms with van der Waals surface area (Å²) >= 11 is 0. The third kappa shape index (κ3) is 6.16. The molecule has 0 aromatic carbocycles. The Balaban J connectivity index is 0.000000448. The van der Waals surface area contributed by atoms with Crippen molar-refractivity contribution in [3.63, 3.8) is 0 Å². The van der Waals surface area contributed by atoms with Crippen molar-refractivity contribution in [1.29, 1.82) is 0 Å². The maximum absolute atomic E-state index is 13.6.